The summed E-state index contributed by atoms with van der Waals surface area (Å²) in [7, 11) is 0. The Balaban J connectivity index is 1.77. The van der Waals surface area contributed by atoms with Crippen molar-refractivity contribution in [3.05, 3.63) is 11.6 Å². The summed E-state index contributed by atoms with van der Waals surface area (Å²) < 4.78 is 0. The Bertz CT molecular complexity index is 667. The second-order valence-electron chi connectivity index (χ2n) is 9.50. The summed E-state index contributed by atoms with van der Waals surface area (Å²) in [6.07, 6.45) is 6.16. The molecule has 4 aliphatic carbocycles. The van der Waals surface area contributed by atoms with Crippen molar-refractivity contribution in [1.29, 1.82) is 0 Å². The van der Waals surface area contributed by atoms with Gasteiger partial charge >= 0.3 is 0 Å². The number of hydrogen-bond donors (Lipinski definition) is 2. The summed E-state index contributed by atoms with van der Waals surface area (Å²) in [5.41, 5.74) is -0.543. The van der Waals surface area contributed by atoms with E-state index in [-0.39, 0.29) is 34.7 Å². The van der Waals surface area contributed by atoms with Crippen LogP contribution in [0.1, 0.15) is 65.7 Å². The fraction of sp³-hybridized carbons (Fsp3) is 0.810. The molecule has 138 valence electrons. The van der Waals surface area contributed by atoms with Crippen LogP contribution in [0.25, 0.3) is 0 Å². The van der Waals surface area contributed by atoms with Crippen LogP contribution in [0.5, 0.6) is 0 Å². The van der Waals surface area contributed by atoms with Gasteiger partial charge in [0.25, 0.3) is 0 Å². The highest BCUT2D eigenvalue weighted by molar-refractivity contribution is 5.91. The van der Waals surface area contributed by atoms with Crippen LogP contribution < -0.4 is 0 Å². The minimum atomic E-state index is -1.19. The van der Waals surface area contributed by atoms with Crippen molar-refractivity contribution < 1.29 is 19.8 Å². The molecule has 0 radical (unpaired) electrons. The highest BCUT2D eigenvalue weighted by Gasteiger charge is 2.70. The van der Waals surface area contributed by atoms with E-state index in [0.717, 1.165) is 32.1 Å². The van der Waals surface area contributed by atoms with Gasteiger partial charge in [-0.15, -0.1) is 0 Å². The van der Waals surface area contributed by atoms with E-state index in [1.165, 1.54) is 5.57 Å². The van der Waals surface area contributed by atoms with Crippen LogP contribution in [-0.2, 0) is 9.59 Å². The first-order valence-corrected chi connectivity index (χ1v) is 9.79. The maximum Gasteiger partial charge on any atom is 0.155 e. The molecule has 7 atom stereocenters. The maximum atomic E-state index is 12.2. The molecule has 0 heterocycles. The van der Waals surface area contributed by atoms with Crippen LogP contribution in [0, 0.1) is 28.6 Å². The molecule has 0 amide bonds. The van der Waals surface area contributed by atoms with Gasteiger partial charge in [0.15, 0.2) is 5.78 Å². The lowest BCUT2D eigenvalue weighted by atomic mass is 9.45. The van der Waals surface area contributed by atoms with E-state index < -0.39 is 17.1 Å². The predicted octanol–water partition coefficient (Wildman–Crippen LogP) is 2.81. The molecule has 0 aliphatic heterocycles. The van der Waals surface area contributed by atoms with Crippen LogP contribution >= 0.6 is 0 Å². The van der Waals surface area contributed by atoms with Crippen molar-refractivity contribution in [3.63, 3.8) is 0 Å². The smallest absolute Gasteiger partial charge is 0.155 e. The normalized spacial score (nSPS) is 52.0. The van der Waals surface area contributed by atoms with Gasteiger partial charge in [-0.05, 0) is 68.8 Å². The van der Waals surface area contributed by atoms with Gasteiger partial charge in [-0.1, -0.05) is 19.4 Å². The van der Waals surface area contributed by atoms with Crippen molar-refractivity contribution in [1.82, 2.24) is 0 Å². The fourth-order valence-electron chi connectivity index (χ4n) is 7.20. The molecular formula is C21H30O4. The number of ketones is 2. The van der Waals surface area contributed by atoms with Gasteiger partial charge in [0.05, 0.1) is 11.7 Å². The lowest BCUT2D eigenvalue weighted by molar-refractivity contribution is -0.216. The van der Waals surface area contributed by atoms with Gasteiger partial charge in [0, 0.05) is 17.8 Å². The number of carbonyl (C=O) groups is 2. The Morgan fingerprint density at radius 2 is 1.88 bits per heavy atom. The number of fused-ring (bicyclic) bond motifs is 5. The van der Waals surface area contributed by atoms with Gasteiger partial charge < -0.3 is 10.2 Å². The molecule has 0 aromatic carbocycles. The molecule has 0 aromatic rings. The molecule has 3 fully saturated rings. The van der Waals surface area contributed by atoms with Gasteiger partial charge in [-0.3, -0.25) is 9.59 Å². The van der Waals surface area contributed by atoms with E-state index in [4.69, 9.17) is 0 Å². The van der Waals surface area contributed by atoms with Gasteiger partial charge in [0.1, 0.15) is 5.78 Å². The van der Waals surface area contributed by atoms with E-state index in [1.807, 2.05) is 13.0 Å². The van der Waals surface area contributed by atoms with Crippen molar-refractivity contribution in [2.24, 2.45) is 28.6 Å². The predicted molar refractivity (Wildman–Crippen MR) is 93.7 cm³/mol. The van der Waals surface area contributed by atoms with Gasteiger partial charge in [-0.2, -0.15) is 0 Å². The third-order valence-electron chi connectivity index (χ3n) is 8.67. The highest BCUT2D eigenvalue weighted by atomic mass is 16.3. The first kappa shape index (κ1) is 17.4. The molecule has 3 saturated carbocycles. The van der Waals surface area contributed by atoms with Crippen molar-refractivity contribution in [3.8, 4) is 0 Å². The van der Waals surface area contributed by atoms with Crippen LogP contribution in [-0.4, -0.2) is 33.5 Å². The summed E-state index contributed by atoms with van der Waals surface area (Å²) in [5, 5.41) is 22.7. The summed E-state index contributed by atoms with van der Waals surface area (Å²) in [4.78, 5) is 24.1. The molecule has 0 saturated heterocycles. The zero-order chi connectivity index (χ0) is 18.2. The Morgan fingerprint density at radius 3 is 2.56 bits per heavy atom. The third-order valence-corrected chi connectivity index (χ3v) is 8.67. The number of carbonyl (C=O) groups excluding carboxylic acids is 2. The maximum absolute atomic E-state index is 12.2. The molecule has 4 aliphatic rings. The standard InChI is InChI=1S/C21H30O4/c1-12(22)17-11-18(24)21(25)16-5-4-13-10-14(23)6-8-19(13,2)15(16)7-9-20(17,21)3/h10,15-18,24-25H,4-9,11H2,1-3H3. The minimum Gasteiger partial charge on any atom is -0.390 e. The Kier molecular flexibility index (Phi) is 3.66. The molecule has 0 aromatic heterocycles. The van der Waals surface area contributed by atoms with E-state index >= 15 is 0 Å². The lowest BCUT2D eigenvalue weighted by Gasteiger charge is -2.61. The number of aliphatic hydroxyl groups excluding tert-OH is 1. The summed E-state index contributed by atoms with van der Waals surface area (Å²) in [5.74, 6) is 0.329. The summed E-state index contributed by atoms with van der Waals surface area (Å²) >= 11 is 0. The van der Waals surface area contributed by atoms with Gasteiger partial charge in [0.2, 0.25) is 0 Å². The van der Waals surface area contributed by atoms with Crippen LogP contribution in [0.4, 0.5) is 0 Å². The average molecular weight is 346 g/mol. The number of allylic oxidation sites excluding steroid dienone is 1. The van der Waals surface area contributed by atoms with E-state index in [2.05, 4.69) is 6.92 Å². The topological polar surface area (TPSA) is 74.6 Å². The average Bonchev–Trinajstić information content (AvgIpc) is 2.76. The number of Topliss-reactive ketones (excluding diaryl/α,β-unsaturated/α-hetero) is 1. The summed E-state index contributed by atoms with van der Waals surface area (Å²) in [6, 6.07) is 0. The SMILES string of the molecule is CC(=O)C1CC(O)C2(O)C3CCC4=CC(=O)CCC4(C)C3CCC12C. The lowest BCUT2D eigenvalue weighted by Crippen LogP contribution is -2.64. The van der Waals surface area contributed by atoms with Crippen molar-refractivity contribution >= 4 is 11.6 Å². The van der Waals surface area contributed by atoms with Crippen molar-refractivity contribution in [2.75, 3.05) is 0 Å². The van der Waals surface area contributed by atoms with Crippen LogP contribution in [0.2, 0.25) is 0 Å². The monoisotopic (exact) mass is 346 g/mol. The fourth-order valence-corrected chi connectivity index (χ4v) is 7.20. The van der Waals surface area contributed by atoms with Crippen LogP contribution in [0.15, 0.2) is 11.6 Å². The molecule has 0 spiro atoms. The third kappa shape index (κ3) is 2.01. The Hall–Kier alpha value is -1.00. The summed E-state index contributed by atoms with van der Waals surface area (Å²) in [6.45, 7) is 5.86. The largest absolute Gasteiger partial charge is 0.390 e. The molecular weight excluding hydrogens is 316 g/mol. The van der Waals surface area contributed by atoms with Gasteiger partial charge in [-0.25, -0.2) is 0 Å². The molecule has 2 N–H and O–H groups in total. The highest BCUT2D eigenvalue weighted by Crippen LogP contribution is 2.68. The second kappa shape index (κ2) is 5.26. The molecule has 7 unspecified atom stereocenters. The first-order chi connectivity index (χ1) is 11.6. The Labute approximate surface area is 149 Å². The quantitative estimate of drug-likeness (QED) is 0.766. The van der Waals surface area contributed by atoms with Crippen molar-refractivity contribution in [2.45, 2.75) is 77.4 Å². The second-order valence-corrected chi connectivity index (χ2v) is 9.50. The minimum absolute atomic E-state index is 0.000882. The first-order valence-electron chi connectivity index (χ1n) is 9.79. The van der Waals surface area contributed by atoms with E-state index in [0.29, 0.717) is 12.8 Å². The zero-order valence-electron chi connectivity index (χ0n) is 15.5. The van der Waals surface area contributed by atoms with E-state index in [1.54, 1.807) is 6.92 Å². The molecule has 4 rings (SSSR count). The number of rotatable bonds is 1. The molecule has 25 heavy (non-hydrogen) atoms. The Morgan fingerprint density at radius 1 is 1.16 bits per heavy atom. The number of aliphatic hydroxyl groups is 2. The molecule has 0 bridgehead atoms. The zero-order valence-corrected chi connectivity index (χ0v) is 15.5. The number of hydrogen-bond acceptors (Lipinski definition) is 4. The molecule has 4 heteroatoms. The molecule has 4 nitrogen and oxygen atoms in total. The van der Waals surface area contributed by atoms with Crippen LogP contribution in [0.3, 0.4) is 0 Å². The van der Waals surface area contributed by atoms with E-state index in [9.17, 15) is 19.8 Å².